The van der Waals surface area contributed by atoms with Crippen molar-refractivity contribution in [1.82, 2.24) is 9.21 Å². The number of nitrogens with two attached hydrogens (primary N) is 1. The Balaban J connectivity index is 2.20. The van der Waals surface area contributed by atoms with Gasteiger partial charge in [-0.25, -0.2) is 8.42 Å². The van der Waals surface area contributed by atoms with Crippen molar-refractivity contribution in [3.8, 4) is 0 Å². The van der Waals surface area contributed by atoms with Crippen LogP contribution in [0.1, 0.15) is 17.7 Å². The molecule has 0 radical (unpaired) electrons. The van der Waals surface area contributed by atoms with Crippen LogP contribution in [0.4, 0.5) is 0 Å². The van der Waals surface area contributed by atoms with Crippen molar-refractivity contribution in [2.24, 2.45) is 5.73 Å². The van der Waals surface area contributed by atoms with Gasteiger partial charge in [0.2, 0.25) is 10.0 Å². The molecule has 0 spiro atoms. The van der Waals surface area contributed by atoms with Gasteiger partial charge in [-0.15, -0.1) is 11.3 Å². The van der Waals surface area contributed by atoms with E-state index in [0.717, 1.165) is 30.8 Å². The second-order valence-electron chi connectivity index (χ2n) is 4.97. The minimum absolute atomic E-state index is 0.0896. The molecule has 5 nitrogen and oxygen atoms in total. The Morgan fingerprint density at radius 2 is 2.11 bits per heavy atom. The summed E-state index contributed by atoms with van der Waals surface area (Å²) in [5.74, 6) is 0. The second kappa shape index (κ2) is 5.88. The smallest absolute Gasteiger partial charge is 0.244 e. The van der Waals surface area contributed by atoms with Crippen LogP contribution in [-0.4, -0.2) is 50.8 Å². The summed E-state index contributed by atoms with van der Waals surface area (Å²) in [5.41, 5.74) is 5.61. The van der Waals surface area contributed by atoms with E-state index in [4.69, 9.17) is 5.73 Å². The Morgan fingerprint density at radius 3 is 2.68 bits per heavy atom. The van der Waals surface area contributed by atoms with E-state index >= 15 is 0 Å². The molecule has 1 aromatic rings. The van der Waals surface area contributed by atoms with Crippen molar-refractivity contribution in [2.75, 3.05) is 27.2 Å². The molecule has 19 heavy (non-hydrogen) atoms. The molecule has 1 aliphatic rings. The van der Waals surface area contributed by atoms with Crippen molar-refractivity contribution < 1.29 is 8.42 Å². The third-order valence-electron chi connectivity index (χ3n) is 3.75. The molecule has 1 saturated heterocycles. The Hall–Kier alpha value is -0.470. The lowest BCUT2D eigenvalue weighted by atomic mass is 10.1. The van der Waals surface area contributed by atoms with Crippen LogP contribution in [-0.2, 0) is 16.6 Å². The Bertz CT molecular complexity index is 519. The number of hydrogen-bond acceptors (Lipinski definition) is 5. The van der Waals surface area contributed by atoms with E-state index in [1.165, 1.54) is 15.6 Å². The highest BCUT2D eigenvalue weighted by Gasteiger charge is 2.31. The normalized spacial score (nSPS) is 19.2. The molecule has 0 saturated carbocycles. The summed E-state index contributed by atoms with van der Waals surface area (Å²) in [6.07, 6.45) is 1.77. The minimum Gasteiger partial charge on any atom is -0.326 e. The second-order valence-corrected chi connectivity index (χ2v) is 7.93. The molecule has 0 aromatic carbocycles. The van der Waals surface area contributed by atoms with Crippen LogP contribution in [0.5, 0.6) is 0 Å². The van der Waals surface area contributed by atoms with Crippen LogP contribution < -0.4 is 5.73 Å². The van der Waals surface area contributed by atoms with Crippen molar-refractivity contribution >= 4 is 21.4 Å². The molecule has 0 amide bonds. The zero-order chi connectivity index (χ0) is 14.0. The van der Waals surface area contributed by atoms with Crippen LogP contribution >= 0.6 is 11.3 Å². The third kappa shape index (κ3) is 3.00. The van der Waals surface area contributed by atoms with Gasteiger partial charge >= 0.3 is 0 Å². The maximum absolute atomic E-state index is 12.6. The van der Waals surface area contributed by atoms with Gasteiger partial charge in [-0.1, -0.05) is 0 Å². The first kappa shape index (κ1) is 14.9. The van der Waals surface area contributed by atoms with Crippen LogP contribution in [0, 0.1) is 0 Å². The molecule has 1 aliphatic heterocycles. The average Bonchev–Trinajstić information content (AvgIpc) is 2.87. The number of hydrogen-bond donors (Lipinski definition) is 1. The number of thiophene rings is 1. The lowest BCUT2D eigenvalue weighted by molar-refractivity contribution is 0.197. The van der Waals surface area contributed by atoms with Crippen LogP contribution in [0.2, 0.25) is 0 Å². The molecule has 0 unspecified atom stereocenters. The van der Waals surface area contributed by atoms with Gasteiger partial charge in [0.05, 0.1) is 4.90 Å². The molecule has 2 rings (SSSR count). The summed E-state index contributed by atoms with van der Waals surface area (Å²) in [4.78, 5) is 3.34. The molecule has 0 atom stereocenters. The van der Waals surface area contributed by atoms with Crippen LogP contribution in [0.15, 0.2) is 16.3 Å². The van der Waals surface area contributed by atoms with Gasteiger partial charge in [0.15, 0.2) is 0 Å². The van der Waals surface area contributed by atoms with Gasteiger partial charge in [-0.05, 0) is 44.4 Å². The van der Waals surface area contributed by atoms with Crippen LogP contribution in [0.3, 0.4) is 0 Å². The molecule has 0 bridgehead atoms. The lowest BCUT2D eigenvalue weighted by Gasteiger charge is -2.34. The van der Waals surface area contributed by atoms with E-state index in [9.17, 15) is 8.42 Å². The molecular weight excluding hydrogens is 282 g/mol. The molecule has 108 valence electrons. The number of rotatable bonds is 4. The predicted octanol–water partition coefficient (Wildman–Crippen LogP) is 0.921. The van der Waals surface area contributed by atoms with Crippen molar-refractivity contribution in [2.45, 2.75) is 30.3 Å². The number of likely N-dealkylation sites (tertiary alicyclic amines) is 1. The highest BCUT2D eigenvalue weighted by atomic mass is 32.2. The Labute approximate surface area is 119 Å². The molecule has 1 aromatic heterocycles. The fraction of sp³-hybridized carbons (Fsp3) is 0.667. The fourth-order valence-corrected chi connectivity index (χ4v) is 5.14. The highest BCUT2D eigenvalue weighted by molar-refractivity contribution is 7.89. The fourth-order valence-electron chi connectivity index (χ4n) is 2.42. The Morgan fingerprint density at radius 1 is 1.47 bits per heavy atom. The van der Waals surface area contributed by atoms with E-state index in [1.54, 1.807) is 18.5 Å². The van der Waals surface area contributed by atoms with E-state index in [1.807, 2.05) is 0 Å². The summed E-state index contributed by atoms with van der Waals surface area (Å²) in [5, 5.41) is 1.79. The van der Waals surface area contributed by atoms with Crippen molar-refractivity contribution in [3.63, 3.8) is 0 Å². The van der Waals surface area contributed by atoms with Gasteiger partial charge in [0, 0.05) is 24.5 Å². The van der Waals surface area contributed by atoms with Gasteiger partial charge in [0.25, 0.3) is 0 Å². The van der Waals surface area contributed by atoms with E-state index in [0.29, 0.717) is 4.90 Å². The number of sulfonamides is 1. The van der Waals surface area contributed by atoms with Gasteiger partial charge in [0.1, 0.15) is 0 Å². The summed E-state index contributed by atoms with van der Waals surface area (Å²) in [7, 11) is 0.339. The zero-order valence-electron chi connectivity index (χ0n) is 11.4. The first-order valence-electron chi connectivity index (χ1n) is 6.40. The van der Waals surface area contributed by atoms with E-state index in [2.05, 4.69) is 11.9 Å². The quantitative estimate of drug-likeness (QED) is 0.898. The first-order chi connectivity index (χ1) is 8.96. The maximum Gasteiger partial charge on any atom is 0.244 e. The molecule has 0 aliphatic carbocycles. The summed E-state index contributed by atoms with van der Waals surface area (Å²) in [6, 6.07) is 1.75. The van der Waals surface area contributed by atoms with Crippen molar-refractivity contribution in [3.05, 3.63) is 16.3 Å². The lowest BCUT2D eigenvalue weighted by Crippen LogP contribution is -2.44. The molecule has 2 heterocycles. The first-order valence-corrected chi connectivity index (χ1v) is 8.71. The average molecular weight is 303 g/mol. The predicted molar refractivity (Wildman–Crippen MR) is 77.7 cm³/mol. The van der Waals surface area contributed by atoms with Gasteiger partial charge in [-0.3, -0.25) is 0 Å². The zero-order valence-corrected chi connectivity index (χ0v) is 13.0. The molecule has 2 N–H and O–H groups in total. The molecule has 7 heteroatoms. The van der Waals surface area contributed by atoms with Gasteiger partial charge < -0.3 is 10.6 Å². The molecule has 1 fully saturated rings. The number of piperidine rings is 1. The van der Waals surface area contributed by atoms with E-state index < -0.39 is 10.0 Å². The van der Waals surface area contributed by atoms with Crippen molar-refractivity contribution in [1.29, 1.82) is 0 Å². The number of nitrogens with zero attached hydrogens (tertiary/aromatic N) is 2. The maximum atomic E-state index is 12.6. The topological polar surface area (TPSA) is 66.6 Å². The minimum atomic E-state index is -3.41. The summed E-state index contributed by atoms with van der Waals surface area (Å²) < 4.78 is 26.8. The molecular formula is C12H21N3O2S2. The van der Waals surface area contributed by atoms with Gasteiger partial charge in [-0.2, -0.15) is 4.31 Å². The Kier molecular flexibility index (Phi) is 4.62. The van der Waals surface area contributed by atoms with Crippen LogP contribution in [0.25, 0.3) is 0 Å². The summed E-state index contributed by atoms with van der Waals surface area (Å²) >= 11 is 1.40. The monoisotopic (exact) mass is 303 g/mol. The standard InChI is InChI=1S/C12H21N3O2S2/c1-14-6-3-10(4-7-14)15(2)19(16,17)12-5-8-18-11(12)9-13/h5,8,10H,3-4,6-7,9,13H2,1-2H3. The third-order valence-corrected chi connectivity index (χ3v) is 6.82. The highest BCUT2D eigenvalue weighted by Crippen LogP contribution is 2.27. The van der Waals surface area contributed by atoms with E-state index in [-0.39, 0.29) is 12.6 Å². The largest absolute Gasteiger partial charge is 0.326 e. The summed E-state index contributed by atoms with van der Waals surface area (Å²) in [6.45, 7) is 2.16. The SMILES string of the molecule is CN1CCC(N(C)S(=O)(=O)c2ccsc2CN)CC1.